The molecule has 1 unspecified atom stereocenters. The lowest BCUT2D eigenvalue weighted by molar-refractivity contribution is 0.545. The normalized spacial score (nSPS) is 19.8. The fourth-order valence-electron chi connectivity index (χ4n) is 2.26. The van der Waals surface area contributed by atoms with Gasteiger partial charge in [-0.3, -0.25) is 0 Å². The summed E-state index contributed by atoms with van der Waals surface area (Å²) in [5.41, 5.74) is 0. The Labute approximate surface area is 136 Å². The van der Waals surface area contributed by atoms with Crippen LogP contribution in [-0.4, -0.2) is 39.1 Å². The molecule has 7 heteroatoms. The Balaban J connectivity index is 1.89. The van der Waals surface area contributed by atoms with Crippen molar-refractivity contribution in [3.63, 3.8) is 0 Å². The molecule has 0 aliphatic carbocycles. The van der Waals surface area contributed by atoms with E-state index >= 15 is 0 Å². The monoisotopic (exact) mass is 348 g/mol. The molecule has 0 radical (unpaired) electrons. The lowest BCUT2D eigenvalue weighted by Gasteiger charge is -2.21. The van der Waals surface area contributed by atoms with Crippen molar-refractivity contribution in [2.45, 2.75) is 42.9 Å². The van der Waals surface area contributed by atoms with Gasteiger partial charge < -0.3 is 5.32 Å². The standard InChI is InChI=1S/C14H24N2O2S3/c1-2-8-15-9-7-13-5-6-14(20-13)21(17,18)16-12-4-3-10-19-11-12/h5-6,12,15-16H,2-4,7-11H2,1H3. The molecule has 1 saturated heterocycles. The molecule has 21 heavy (non-hydrogen) atoms. The topological polar surface area (TPSA) is 58.2 Å². The summed E-state index contributed by atoms with van der Waals surface area (Å²) in [7, 11) is -3.34. The van der Waals surface area contributed by atoms with Crippen molar-refractivity contribution in [2.75, 3.05) is 24.6 Å². The van der Waals surface area contributed by atoms with E-state index in [2.05, 4.69) is 17.0 Å². The minimum atomic E-state index is -3.34. The highest BCUT2D eigenvalue weighted by molar-refractivity contribution is 7.99. The average molecular weight is 349 g/mol. The fourth-order valence-corrected chi connectivity index (χ4v) is 6.08. The molecule has 2 N–H and O–H groups in total. The molecule has 0 spiro atoms. The van der Waals surface area contributed by atoms with Gasteiger partial charge in [0.2, 0.25) is 10.0 Å². The van der Waals surface area contributed by atoms with Crippen LogP contribution in [0.5, 0.6) is 0 Å². The van der Waals surface area contributed by atoms with Crippen LogP contribution in [0.4, 0.5) is 0 Å². The number of sulfonamides is 1. The number of thiophene rings is 1. The molecule has 1 aromatic heterocycles. The van der Waals surface area contributed by atoms with Crippen molar-refractivity contribution < 1.29 is 8.42 Å². The Hall–Kier alpha value is -0.0800. The zero-order valence-corrected chi connectivity index (χ0v) is 14.9. The van der Waals surface area contributed by atoms with Gasteiger partial charge >= 0.3 is 0 Å². The average Bonchev–Trinajstić information content (AvgIpc) is 2.94. The van der Waals surface area contributed by atoms with Crippen LogP contribution < -0.4 is 10.0 Å². The predicted octanol–water partition coefficient (Wildman–Crippen LogP) is 2.46. The Morgan fingerprint density at radius 2 is 2.19 bits per heavy atom. The van der Waals surface area contributed by atoms with E-state index in [0.29, 0.717) is 4.21 Å². The molecule has 0 aromatic carbocycles. The molecular formula is C14H24N2O2S3. The number of thioether (sulfide) groups is 1. The number of hydrogen-bond acceptors (Lipinski definition) is 5. The zero-order chi connectivity index (χ0) is 15.1. The van der Waals surface area contributed by atoms with Crippen molar-refractivity contribution >= 4 is 33.1 Å². The second-order valence-corrected chi connectivity index (χ2v) is 9.52. The second kappa shape index (κ2) is 8.53. The highest BCUT2D eigenvalue weighted by Crippen LogP contribution is 2.24. The predicted molar refractivity (Wildman–Crippen MR) is 91.9 cm³/mol. The maximum atomic E-state index is 12.4. The van der Waals surface area contributed by atoms with Gasteiger partial charge in [-0.25, -0.2) is 13.1 Å². The highest BCUT2D eigenvalue weighted by atomic mass is 32.2. The molecule has 1 fully saturated rings. The number of rotatable bonds is 8. The Kier molecular flexibility index (Phi) is 7.01. The zero-order valence-electron chi connectivity index (χ0n) is 12.4. The van der Waals surface area contributed by atoms with Crippen LogP contribution in [0.25, 0.3) is 0 Å². The maximum Gasteiger partial charge on any atom is 0.250 e. The Morgan fingerprint density at radius 3 is 2.90 bits per heavy atom. The van der Waals surface area contributed by atoms with Crippen LogP contribution in [0, 0.1) is 0 Å². The van der Waals surface area contributed by atoms with Crippen molar-refractivity contribution in [3.05, 3.63) is 17.0 Å². The summed E-state index contributed by atoms with van der Waals surface area (Å²) in [5.74, 6) is 2.03. The van der Waals surface area contributed by atoms with Crippen LogP contribution in [0.1, 0.15) is 31.1 Å². The van der Waals surface area contributed by atoms with Gasteiger partial charge in [0, 0.05) is 16.7 Å². The second-order valence-electron chi connectivity index (χ2n) is 5.26. The minimum absolute atomic E-state index is 0.0884. The van der Waals surface area contributed by atoms with E-state index in [1.54, 1.807) is 6.07 Å². The summed E-state index contributed by atoms with van der Waals surface area (Å²) in [4.78, 5) is 1.12. The third-order valence-corrected chi connectivity index (χ3v) is 7.73. The summed E-state index contributed by atoms with van der Waals surface area (Å²) in [6.45, 7) is 4.05. The molecular weight excluding hydrogens is 324 g/mol. The minimum Gasteiger partial charge on any atom is -0.316 e. The molecule has 0 amide bonds. The SMILES string of the molecule is CCCNCCc1ccc(S(=O)(=O)NC2CCCSC2)s1. The molecule has 0 saturated carbocycles. The molecule has 1 aromatic rings. The van der Waals surface area contributed by atoms with Crippen LogP contribution in [0.15, 0.2) is 16.3 Å². The van der Waals surface area contributed by atoms with Gasteiger partial charge in [0.25, 0.3) is 0 Å². The van der Waals surface area contributed by atoms with E-state index in [0.717, 1.165) is 55.2 Å². The van der Waals surface area contributed by atoms with Gasteiger partial charge in [-0.05, 0) is 56.7 Å². The first-order valence-electron chi connectivity index (χ1n) is 7.51. The van der Waals surface area contributed by atoms with Gasteiger partial charge in [-0.2, -0.15) is 11.8 Å². The molecule has 2 heterocycles. The summed E-state index contributed by atoms with van der Waals surface area (Å²) >= 11 is 3.22. The van der Waals surface area contributed by atoms with Crippen LogP contribution in [0.2, 0.25) is 0 Å². The molecule has 120 valence electrons. The molecule has 4 nitrogen and oxygen atoms in total. The summed E-state index contributed by atoms with van der Waals surface area (Å²) in [6, 6.07) is 3.76. The van der Waals surface area contributed by atoms with Gasteiger partial charge in [-0.15, -0.1) is 11.3 Å². The maximum absolute atomic E-state index is 12.4. The summed E-state index contributed by atoms with van der Waals surface area (Å²) < 4.78 is 28.0. The molecule has 2 rings (SSSR count). The first kappa shape index (κ1) is 17.3. The summed E-state index contributed by atoms with van der Waals surface area (Å²) in [6.07, 6.45) is 4.05. The Bertz CT molecular complexity index is 522. The van der Waals surface area contributed by atoms with E-state index in [1.165, 1.54) is 11.3 Å². The lowest BCUT2D eigenvalue weighted by atomic mass is 10.2. The van der Waals surface area contributed by atoms with Crippen molar-refractivity contribution in [1.29, 1.82) is 0 Å². The van der Waals surface area contributed by atoms with Crippen LogP contribution in [0.3, 0.4) is 0 Å². The molecule has 1 aliphatic heterocycles. The van der Waals surface area contributed by atoms with E-state index < -0.39 is 10.0 Å². The van der Waals surface area contributed by atoms with Gasteiger partial charge in [0.05, 0.1) is 0 Å². The molecule has 0 bridgehead atoms. The number of nitrogens with one attached hydrogen (secondary N) is 2. The van der Waals surface area contributed by atoms with Gasteiger partial charge in [0.1, 0.15) is 4.21 Å². The first-order chi connectivity index (χ1) is 10.1. The van der Waals surface area contributed by atoms with Crippen molar-refractivity contribution in [3.8, 4) is 0 Å². The highest BCUT2D eigenvalue weighted by Gasteiger charge is 2.23. The van der Waals surface area contributed by atoms with Crippen molar-refractivity contribution in [2.24, 2.45) is 0 Å². The third-order valence-electron chi connectivity index (χ3n) is 3.36. The fraction of sp³-hybridized carbons (Fsp3) is 0.714. The van der Waals surface area contributed by atoms with Crippen molar-refractivity contribution in [1.82, 2.24) is 10.0 Å². The largest absolute Gasteiger partial charge is 0.316 e. The lowest BCUT2D eigenvalue weighted by Crippen LogP contribution is -2.37. The summed E-state index contributed by atoms with van der Waals surface area (Å²) in [5, 5.41) is 3.34. The van der Waals surface area contributed by atoms with E-state index in [-0.39, 0.29) is 6.04 Å². The Morgan fingerprint density at radius 1 is 1.33 bits per heavy atom. The first-order valence-corrected chi connectivity index (χ1v) is 11.0. The van der Waals surface area contributed by atoms with Crippen LogP contribution >= 0.6 is 23.1 Å². The molecule has 1 atom stereocenters. The smallest absolute Gasteiger partial charge is 0.250 e. The van der Waals surface area contributed by atoms with E-state index in [1.807, 2.05) is 17.8 Å². The third kappa shape index (κ3) is 5.56. The van der Waals surface area contributed by atoms with Gasteiger partial charge in [-0.1, -0.05) is 6.92 Å². The van der Waals surface area contributed by atoms with E-state index in [9.17, 15) is 8.42 Å². The van der Waals surface area contributed by atoms with Gasteiger partial charge in [0.15, 0.2) is 0 Å². The van der Waals surface area contributed by atoms with E-state index in [4.69, 9.17) is 0 Å². The quantitative estimate of drug-likeness (QED) is 0.709. The number of hydrogen-bond donors (Lipinski definition) is 2. The van der Waals surface area contributed by atoms with Crippen LogP contribution in [-0.2, 0) is 16.4 Å². The molecule has 1 aliphatic rings.